The molecule has 3 aromatic carbocycles. The first kappa shape index (κ1) is 25.2. The molecule has 186 valence electrons. The lowest BCUT2D eigenvalue weighted by molar-refractivity contribution is -0.135. The van der Waals surface area contributed by atoms with Crippen molar-refractivity contribution in [2.75, 3.05) is 19.7 Å². The van der Waals surface area contributed by atoms with Crippen molar-refractivity contribution < 1.29 is 27.9 Å². The normalized spacial score (nSPS) is 12.8. The summed E-state index contributed by atoms with van der Waals surface area (Å²) >= 11 is 0. The van der Waals surface area contributed by atoms with E-state index in [1.807, 2.05) is 35.1 Å². The maximum absolute atomic E-state index is 12.2. The van der Waals surface area contributed by atoms with Crippen LogP contribution >= 0.6 is 0 Å². The minimum absolute atomic E-state index is 0.00848. The number of hydrogen-bond donors (Lipinski definition) is 3. The van der Waals surface area contributed by atoms with E-state index in [9.17, 15) is 18.0 Å². The van der Waals surface area contributed by atoms with Crippen molar-refractivity contribution in [3.63, 3.8) is 0 Å². The monoisotopic (exact) mass is 506 g/mol. The maximum atomic E-state index is 12.2. The predicted molar refractivity (Wildman–Crippen MR) is 136 cm³/mol. The van der Waals surface area contributed by atoms with Crippen LogP contribution in [0.3, 0.4) is 0 Å². The second kappa shape index (κ2) is 11.2. The van der Waals surface area contributed by atoms with Gasteiger partial charge in [0.25, 0.3) is 0 Å². The van der Waals surface area contributed by atoms with E-state index in [0.29, 0.717) is 13.0 Å². The van der Waals surface area contributed by atoms with Gasteiger partial charge >= 0.3 is 12.1 Å². The zero-order valence-electron chi connectivity index (χ0n) is 19.4. The number of carbonyl (C=O) groups excluding carboxylic acids is 1. The van der Waals surface area contributed by atoms with Crippen LogP contribution < -0.4 is 10.0 Å². The quantitative estimate of drug-likeness (QED) is 0.358. The van der Waals surface area contributed by atoms with Crippen LogP contribution in [-0.4, -0.2) is 45.3 Å². The molecular weight excluding hydrogens is 480 g/mol. The number of amides is 1. The highest BCUT2D eigenvalue weighted by molar-refractivity contribution is 7.89. The Labute approximate surface area is 209 Å². The number of fused-ring (bicyclic) bond motifs is 3. The molecule has 0 saturated carbocycles. The van der Waals surface area contributed by atoms with E-state index in [2.05, 4.69) is 29.6 Å². The fourth-order valence-electron chi connectivity index (χ4n) is 4.12. The lowest BCUT2D eigenvalue weighted by atomic mass is 9.98. The van der Waals surface area contributed by atoms with Gasteiger partial charge in [-0.05, 0) is 46.4 Å². The van der Waals surface area contributed by atoms with E-state index in [1.165, 1.54) is 23.3 Å². The van der Waals surface area contributed by atoms with E-state index in [0.717, 1.165) is 16.7 Å². The lowest BCUT2D eigenvalue weighted by Gasteiger charge is -2.14. The Morgan fingerprint density at radius 1 is 0.917 bits per heavy atom. The van der Waals surface area contributed by atoms with Gasteiger partial charge in [0.2, 0.25) is 10.0 Å². The van der Waals surface area contributed by atoms with Gasteiger partial charge in [-0.25, -0.2) is 13.2 Å². The van der Waals surface area contributed by atoms with Crippen LogP contribution in [0.25, 0.3) is 17.2 Å². The average Bonchev–Trinajstić information content (AvgIpc) is 3.20. The number of hydrogen-bond acceptors (Lipinski definition) is 5. The van der Waals surface area contributed by atoms with Crippen LogP contribution in [0, 0.1) is 0 Å². The summed E-state index contributed by atoms with van der Waals surface area (Å²) in [7, 11) is -3.87. The molecule has 1 amide bonds. The zero-order valence-corrected chi connectivity index (χ0v) is 20.2. The van der Waals surface area contributed by atoms with E-state index < -0.39 is 28.6 Å². The highest BCUT2D eigenvalue weighted by Gasteiger charge is 2.28. The molecular formula is C27H26N2O6S. The molecule has 0 spiro atoms. The molecule has 3 N–H and O–H groups in total. The summed E-state index contributed by atoms with van der Waals surface area (Å²) in [5.41, 5.74) is 5.44. The molecule has 0 saturated heterocycles. The van der Waals surface area contributed by atoms with Crippen LogP contribution in [0.5, 0.6) is 0 Å². The van der Waals surface area contributed by atoms with E-state index in [1.54, 1.807) is 18.2 Å². The number of aliphatic carboxylic acids is 1. The molecule has 3 aromatic rings. The Morgan fingerprint density at radius 3 is 2.14 bits per heavy atom. The van der Waals surface area contributed by atoms with Gasteiger partial charge in [0.1, 0.15) is 13.2 Å². The van der Waals surface area contributed by atoms with Gasteiger partial charge in [0.15, 0.2) is 0 Å². The molecule has 1 aliphatic rings. The zero-order chi connectivity index (χ0) is 25.5. The summed E-state index contributed by atoms with van der Waals surface area (Å²) in [4.78, 5) is 22.8. The highest BCUT2D eigenvalue weighted by atomic mass is 32.2. The summed E-state index contributed by atoms with van der Waals surface area (Å²) in [6, 6.07) is 22.4. The first-order valence-corrected chi connectivity index (χ1v) is 12.9. The molecule has 0 atom stereocenters. The fraction of sp³-hybridized carbons (Fsp3) is 0.185. The topological polar surface area (TPSA) is 122 Å². The van der Waals surface area contributed by atoms with E-state index >= 15 is 0 Å². The van der Waals surface area contributed by atoms with Crippen molar-refractivity contribution in [2.45, 2.75) is 17.2 Å². The van der Waals surface area contributed by atoms with Gasteiger partial charge in [-0.2, -0.15) is 4.72 Å². The summed E-state index contributed by atoms with van der Waals surface area (Å²) in [5, 5.41) is 11.4. The minimum Gasteiger partial charge on any atom is -0.480 e. The van der Waals surface area contributed by atoms with Crippen LogP contribution in [0.4, 0.5) is 4.79 Å². The first-order chi connectivity index (χ1) is 17.3. The Morgan fingerprint density at radius 2 is 1.53 bits per heavy atom. The van der Waals surface area contributed by atoms with Gasteiger partial charge in [0, 0.05) is 12.5 Å². The lowest BCUT2D eigenvalue weighted by Crippen LogP contribution is -2.29. The van der Waals surface area contributed by atoms with Crippen LogP contribution in [0.2, 0.25) is 0 Å². The Hall–Kier alpha value is -3.95. The van der Waals surface area contributed by atoms with Crippen LogP contribution in [0.1, 0.15) is 29.0 Å². The number of sulfonamides is 1. The van der Waals surface area contributed by atoms with Gasteiger partial charge in [-0.3, -0.25) is 4.79 Å². The molecule has 0 bridgehead atoms. The fourth-order valence-corrected chi connectivity index (χ4v) is 5.10. The number of carboxylic acid groups (broad SMARTS) is 1. The Kier molecular flexibility index (Phi) is 7.82. The Bertz CT molecular complexity index is 1340. The summed E-state index contributed by atoms with van der Waals surface area (Å²) < 4.78 is 31.6. The number of alkyl carbamates (subject to hydrolysis) is 1. The molecule has 36 heavy (non-hydrogen) atoms. The van der Waals surface area contributed by atoms with E-state index in [-0.39, 0.29) is 17.4 Å². The third-order valence-corrected chi connectivity index (χ3v) is 7.26. The molecule has 0 fully saturated rings. The second-order valence-electron chi connectivity index (χ2n) is 8.23. The number of carboxylic acids is 1. The molecule has 4 rings (SSSR count). The number of ether oxygens (including phenoxy) is 1. The summed E-state index contributed by atoms with van der Waals surface area (Å²) in [5.74, 6) is -1.25. The largest absolute Gasteiger partial charge is 0.480 e. The summed E-state index contributed by atoms with van der Waals surface area (Å²) in [6.07, 6.45) is 3.74. The summed E-state index contributed by atoms with van der Waals surface area (Å²) in [6.45, 7) is -0.0360. The SMILES string of the molecule is O=C(O)CNS(=O)(=O)c1ccc(C=CCCNC(=O)OCC2c3ccccc3-c3ccccc32)cc1. The van der Waals surface area contributed by atoms with Crippen molar-refractivity contribution >= 4 is 28.2 Å². The smallest absolute Gasteiger partial charge is 0.407 e. The van der Waals surface area contributed by atoms with Crippen molar-refractivity contribution in [2.24, 2.45) is 0 Å². The van der Waals surface area contributed by atoms with Crippen molar-refractivity contribution in [3.8, 4) is 11.1 Å². The number of rotatable bonds is 10. The van der Waals surface area contributed by atoms with Gasteiger partial charge in [-0.15, -0.1) is 0 Å². The van der Waals surface area contributed by atoms with Gasteiger partial charge in [-0.1, -0.05) is 72.8 Å². The molecule has 1 aliphatic carbocycles. The second-order valence-corrected chi connectivity index (χ2v) is 10.00. The highest BCUT2D eigenvalue weighted by Crippen LogP contribution is 2.44. The first-order valence-electron chi connectivity index (χ1n) is 11.4. The predicted octanol–water partition coefficient (Wildman–Crippen LogP) is 3.99. The number of benzene rings is 3. The van der Waals surface area contributed by atoms with Crippen LogP contribution in [0.15, 0.2) is 83.8 Å². The van der Waals surface area contributed by atoms with Crippen molar-refractivity contribution in [1.29, 1.82) is 0 Å². The third-order valence-electron chi connectivity index (χ3n) is 5.84. The maximum Gasteiger partial charge on any atom is 0.407 e. The molecule has 0 unspecified atom stereocenters. The van der Waals surface area contributed by atoms with Crippen molar-refractivity contribution in [3.05, 3.63) is 95.6 Å². The minimum atomic E-state index is -3.87. The molecule has 8 nitrogen and oxygen atoms in total. The molecule has 0 heterocycles. The van der Waals surface area contributed by atoms with Crippen molar-refractivity contribution in [1.82, 2.24) is 10.0 Å². The standard InChI is InChI=1S/C27H26N2O6S/c30-26(31)17-29-36(33,34)20-14-12-19(13-15-20)7-5-6-16-28-27(32)35-18-25-23-10-3-1-8-21(23)22-9-2-4-11-24(22)25/h1-5,7-15,25,29H,6,16-18H2,(H,28,32)(H,30,31). The molecule has 0 aromatic heterocycles. The van der Waals surface area contributed by atoms with Crippen LogP contribution in [-0.2, 0) is 19.6 Å². The van der Waals surface area contributed by atoms with E-state index in [4.69, 9.17) is 9.84 Å². The molecule has 0 radical (unpaired) electrons. The molecule has 0 aliphatic heterocycles. The van der Waals surface area contributed by atoms with Gasteiger partial charge in [0.05, 0.1) is 4.90 Å². The Balaban J connectivity index is 1.22. The number of nitrogens with one attached hydrogen (secondary N) is 2. The molecule has 9 heteroatoms. The van der Waals surface area contributed by atoms with Gasteiger partial charge < -0.3 is 15.2 Å². The average molecular weight is 507 g/mol. The number of carbonyl (C=O) groups is 2. The third kappa shape index (κ3) is 5.99.